The van der Waals surface area contributed by atoms with Gasteiger partial charge in [-0.2, -0.15) is 10.1 Å². The lowest BCUT2D eigenvalue weighted by atomic mass is 10.5. The molecule has 2 rings (SSSR count). The van der Waals surface area contributed by atoms with Crippen molar-refractivity contribution in [1.82, 2.24) is 19.7 Å². The first-order chi connectivity index (χ1) is 8.69. The van der Waals surface area contributed by atoms with Gasteiger partial charge in [0.15, 0.2) is 17.5 Å². The van der Waals surface area contributed by atoms with Crippen molar-refractivity contribution in [3.63, 3.8) is 0 Å². The minimum atomic E-state index is -0.511. The Kier molecular flexibility index (Phi) is 3.71. The number of nitrogens with zero attached hydrogens (tertiary/aromatic N) is 4. The van der Waals surface area contributed by atoms with Gasteiger partial charge in [0, 0.05) is 25.9 Å². The van der Waals surface area contributed by atoms with Crippen LogP contribution in [-0.2, 0) is 7.05 Å². The molecule has 18 heavy (non-hydrogen) atoms. The van der Waals surface area contributed by atoms with Crippen molar-refractivity contribution in [3.05, 3.63) is 24.3 Å². The Balaban J connectivity index is 2.15. The minimum Gasteiger partial charge on any atom is -0.354 e. The third kappa shape index (κ3) is 2.93. The van der Waals surface area contributed by atoms with Crippen LogP contribution in [0, 0.1) is 5.82 Å². The van der Waals surface area contributed by atoms with Crippen LogP contribution >= 0.6 is 0 Å². The molecule has 6 nitrogen and oxygen atoms in total. The van der Waals surface area contributed by atoms with Crippen LogP contribution in [0.1, 0.15) is 13.3 Å². The quantitative estimate of drug-likeness (QED) is 0.848. The van der Waals surface area contributed by atoms with Crippen molar-refractivity contribution >= 4 is 17.6 Å². The van der Waals surface area contributed by atoms with Crippen LogP contribution in [0.5, 0.6) is 0 Å². The summed E-state index contributed by atoms with van der Waals surface area (Å²) in [6, 6.07) is 1.74. The van der Waals surface area contributed by atoms with E-state index in [0.29, 0.717) is 11.8 Å². The molecule has 0 saturated heterocycles. The molecular weight excluding hydrogens is 235 g/mol. The first-order valence-corrected chi connectivity index (χ1v) is 5.72. The summed E-state index contributed by atoms with van der Waals surface area (Å²) in [7, 11) is 1.79. The Hall–Kier alpha value is -2.18. The third-order valence-corrected chi connectivity index (χ3v) is 2.24. The van der Waals surface area contributed by atoms with E-state index in [9.17, 15) is 4.39 Å². The largest absolute Gasteiger partial charge is 0.354 e. The van der Waals surface area contributed by atoms with Crippen LogP contribution in [0.15, 0.2) is 18.5 Å². The number of aromatic nitrogens is 4. The van der Waals surface area contributed by atoms with Gasteiger partial charge in [-0.25, -0.2) is 9.37 Å². The Morgan fingerprint density at radius 3 is 2.94 bits per heavy atom. The zero-order valence-electron chi connectivity index (χ0n) is 10.3. The summed E-state index contributed by atoms with van der Waals surface area (Å²) in [6.45, 7) is 2.78. The van der Waals surface area contributed by atoms with Gasteiger partial charge in [-0.1, -0.05) is 6.92 Å². The van der Waals surface area contributed by atoms with Gasteiger partial charge in [0.05, 0.1) is 6.20 Å². The van der Waals surface area contributed by atoms with Crippen LogP contribution in [0.3, 0.4) is 0 Å². The molecule has 96 valence electrons. The number of hydrogen-bond acceptors (Lipinski definition) is 5. The molecule has 0 aliphatic carbocycles. The van der Waals surface area contributed by atoms with E-state index in [1.54, 1.807) is 24.0 Å². The number of halogens is 1. The molecule has 0 bridgehead atoms. The first kappa shape index (κ1) is 12.3. The second-order valence-corrected chi connectivity index (χ2v) is 3.82. The lowest BCUT2D eigenvalue weighted by Gasteiger charge is -2.06. The Morgan fingerprint density at radius 1 is 1.44 bits per heavy atom. The predicted molar refractivity (Wildman–Crippen MR) is 67.3 cm³/mol. The van der Waals surface area contributed by atoms with Gasteiger partial charge >= 0.3 is 0 Å². The van der Waals surface area contributed by atoms with Gasteiger partial charge in [-0.05, 0) is 6.42 Å². The van der Waals surface area contributed by atoms with E-state index >= 15 is 0 Å². The maximum Gasteiger partial charge on any atom is 0.224 e. The SMILES string of the molecule is CCCNc1ncc(F)c(Nc2ccn(C)n2)n1. The van der Waals surface area contributed by atoms with Crippen molar-refractivity contribution in [3.8, 4) is 0 Å². The highest BCUT2D eigenvalue weighted by Gasteiger charge is 2.08. The molecule has 0 radical (unpaired) electrons. The summed E-state index contributed by atoms with van der Waals surface area (Å²) < 4.78 is 15.2. The smallest absolute Gasteiger partial charge is 0.224 e. The van der Waals surface area contributed by atoms with Gasteiger partial charge in [0.25, 0.3) is 0 Å². The summed E-state index contributed by atoms with van der Waals surface area (Å²) in [5, 5.41) is 9.91. The van der Waals surface area contributed by atoms with E-state index in [4.69, 9.17) is 0 Å². The fraction of sp³-hybridized carbons (Fsp3) is 0.364. The summed E-state index contributed by atoms with van der Waals surface area (Å²) in [5.74, 6) is 0.540. The normalized spacial score (nSPS) is 10.4. The molecule has 0 unspecified atom stereocenters. The van der Waals surface area contributed by atoms with E-state index in [-0.39, 0.29) is 5.82 Å². The van der Waals surface area contributed by atoms with Gasteiger partial charge in [0.1, 0.15) is 0 Å². The molecule has 0 amide bonds. The van der Waals surface area contributed by atoms with Crippen LogP contribution < -0.4 is 10.6 Å². The second kappa shape index (κ2) is 5.44. The fourth-order valence-electron chi connectivity index (χ4n) is 1.38. The topological polar surface area (TPSA) is 67.7 Å². The van der Waals surface area contributed by atoms with Crippen LogP contribution in [0.2, 0.25) is 0 Å². The van der Waals surface area contributed by atoms with E-state index in [1.807, 2.05) is 6.92 Å². The molecule has 7 heteroatoms. The maximum atomic E-state index is 13.5. The average molecular weight is 250 g/mol. The van der Waals surface area contributed by atoms with E-state index in [2.05, 4.69) is 25.7 Å². The number of rotatable bonds is 5. The zero-order chi connectivity index (χ0) is 13.0. The van der Waals surface area contributed by atoms with E-state index < -0.39 is 5.82 Å². The molecule has 0 aliphatic heterocycles. The van der Waals surface area contributed by atoms with Crippen molar-refractivity contribution in [2.75, 3.05) is 17.2 Å². The summed E-state index contributed by atoms with van der Waals surface area (Å²) in [4.78, 5) is 7.92. The summed E-state index contributed by atoms with van der Waals surface area (Å²) in [5.41, 5.74) is 0. The van der Waals surface area contributed by atoms with Crippen molar-refractivity contribution in [1.29, 1.82) is 0 Å². The average Bonchev–Trinajstić information content (AvgIpc) is 2.76. The van der Waals surface area contributed by atoms with Crippen molar-refractivity contribution < 1.29 is 4.39 Å². The number of anilines is 3. The van der Waals surface area contributed by atoms with Gasteiger partial charge in [0.2, 0.25) is 5.95 Å². The predicted octanol–water partition coefficient (Wildman–Crippen LogP) is 1.91. The van der Waals surface area contributed by atoms with Crippen molar-refractivity contribution in [2.45, 2.75) is 13.3 Å². The highest BCUT2D eigenvalue weighted by molar-refractivity contribution is 5.52. The van der Waals surface area contributed by atoms with E-state index in [1.165, 1.54) is 0 Å². The van der Waals surface area contributed by atoms with Crippen LogP contribution in [0.25, 0.3) is 0 Å². The molecule has 2 aromatic rings. The zero-order valence-corrected chi connectivity index (χ0v) is 10.3. The lowest BCUT2D eigenvalue weighted by Crippen LogP contribution is -2.07. The molecule has 0 aromatic carbocycles. The first-order valence-electron chi connectivity index (χ1n) is 5.72. The highest BCUT2D eigenvalue weighted by atomic mass is 19.1. The molecule has 2 N–H and O–H groups in total. The Bertz CT molecular complexity index is 524. The van der Waals surface area contributed by atoms with Gasteiger partial charge < -0.3 is 10.6 Å². The van der Waals surface area contributed by atoms with Crippen molar-refractivity contribution in [2.24, 2.45) is 7.05 Å². The summed E-state index contributed by atoms with van der Waals surface area (Å²) >= 11 is 0. The molecule has 2 aromatic heterocycles. The molecule has 2 heterocycles. The van der Waals surface area contributed by atoms with Gasteiger partial charge in [-0.3, -0.25) is 4.68 Å². The molecule has 0 saturated carbocycles. The molecular formula is C11H15FN6. The third-order valence-electron chi connectivity index (χ3n) is 2.24. The number of hydrogen-bond donors (Lipinski definition) is 2. The Morgan fingerprint density at radius 2 is 2.28 bits per heavy atom. The molecule has 0 aliphatic rings. The van der Waals surface area contributed by atoms with Gasteiger partial charge in [-0.15, -0.1) is 0 Å². The maximum absolute atomic E-state index is 13.5. The Labute approximate surface area is 104 Å². The fourth-order valence-corrected chi connectivity index (χ4v) is 1.38. The minimum absolute atomic E-state index is 0.113. The molecule has 0 fully saturated rings. The van der Waals surface area contributed by atoms with E-state index in [0.717, 1.165) is 19.2 Å². The highest BCUT2D eigenvalue weighted by Crippen LogP contribution is 2.16. The molecule has 0 atom stereocenters. The monoisotopic (exact) mass is 250 g/mol. The number of aryl methyl sites for hydroxylation is 1. The summed E-state index contributed by atoms with van der Waals surface area (Å²) in [6.07, 6.45) is 3.84. The molecule has 0 spiro atoms. The van der Waals surface area contributed by atoms with Crippen LogP contribution in [0.4, 0.5) is 22.0 Å². The van der Waals surface area contributed by atoms with Crippen LogP contribution in [-0.4, -0.2) is 26.3 Å². The lowest BCUT2D eigenvalue weighted by molar-refractivity contribution is 0.619. The standard InChI is InChI=1S/C11H15FN6/c1-3-5-13-11-14-7-8(12)10(16-11)15-9-4-6-18(2)17-9/h4,6-7H,3,5H2,1-2H3,(H2,13,14,15,16,17). The number of nitrogens with one attached hydrogen (secondary N) is 2. The second-order valence-electron chi connectivity index (χ2n) is 3.82.